The molecule has 0 aliphatic carbocycles. The Kier molecular flexibility index (Phi) is 5.02. The number of aryl methyl sites for hydroxylation is 2. The summed E-state index contributed by atoms with van der Waals surface area (Å²) in [5.74, 6) is 1.60. The minimum Gasteiger partial charge on any atom is -0.454 e. The molecular formula is C21H27NO3. The third-order valence-corrected chi connectivity index (χ3v) is 4.35. The van der Waals surface area contributed by atoms with Crippen LogP contribution in [0, 0.1) is 13.8 Å². The molecule has 0 atom stereocenters. The summed E-state index contributed by atoms with van der Waals surface area (Å²) in [5.41, 5.74) is 4.22. The smallest absolute Gasteiger partial charge is 0.231 e. The van der Waals surface area contributed by atoms with Gasteiger partial charge in [-0.25, -0.2) is 0 Å². The van der Waals surface area contributed by atoms with E-state index >= 15 is 0 Å². The number of nitrogens with zero attached hydrogens (tertiary/aromatic N) is 1. The van der Waals surface area contributed by atoms with Gasteiger partial charge in [-0.2, -0.15) is 0 Å². The second-order valence-electron chi connectivity index (χ2n) is 7.58. The molecule has 0 fully saturated rings. The first-order valence-electron chi connectivity index (χ1n) is 8.69. The molecule has 0 amide bonds. The molecule has 0 unspecified atom stereocenters. The number of hydrogen-bond donors (Lipinski definition) is 1. The Morgan fingerprint density at radius 3 is 2.52 bits per heavy atom. The molecule has 1 N–H and O–H groups in total. The number of ether oxygens (including phenoxy) is 2. The molecule has 3 rings (SSSR count). The zero-order valence-electron chi connectivity index (χ0n) is 15.5. The van der Waals surface area contributed by atoms with Crippen LogP contribution in [-0.2, 0) is 13.1 Å². The summed E-state index contributed by atoms with van der Waals surface area (Å²) < 4.78 is 10.9. The van der Waals surface area contributed by atoms with Crippen molar-refractivity contribution in [3.63, 3.8) is 0 Å². The molecule has 25 heavy (non-hydrogen) atoms. The highest BCUT2D eigenvalue weighted by atomic mass is 16.7. The van der Waals surface area contributed by atoms with Crippen molar-refractivity contribution < 1.29 is 14.6 Å². The molecule has 0 saturated carbocycles. The van der Waals surface area contributed by atoms with E-state index in [-0.39, 0.29) is 6.79 Å². The van der Waals surface area contributed by atoms with Crippen LogP contribution in [0.2, 0.25) is 0 Å². The van der Waals surface area contributed by atoms with Crippen LogP contribution in [0.3, 0.4) is 0 Å². The summed E-state index contributed by atoms with van der Waals surface area (Å²) in [4.78, 5) is 2.28. The Bertz CT molecular complexity index is 749. The number of hydrogen-bond acceptors (Lipinski definition) is 4. The maximum atomic E-state index is 10.3. The van der Waals surface area contributed by atoms with Gasteiger partial charge in [-0.1, -0.05) is 29.8 Å². The molecule has 1 aliphatic heterocycles. The van der Waals surface area contributed by atoms with Gasteiger partial charge in [0.1, 0.15) is 0 Å². The quantitative estimate of drug-likeness (QED) is 0.868. The van der Waals surface area contributed by atoms with E-state index in [1.54, 1.807) is 0 Å². The van der Waals surface area contributed by atoms with Crippen molar-refractivity contribution in [2.45, 2.75) is 46.4 Å². The highest BCUT2D eigenvalue weighted by Crippen LogP contribution is 2.33. The predicted octanol–water partition coefficient (Wildman–Crippen LogP) is 3.81. The van der Waals surface area contributed by atoms with Gasteiger partial charge in [0.25, 0.3) is 0 Å². The lowest BCUT2D eigenvalue weighted by Crippen LogP contribution is -2.38. The highest BCUT2D eigenvalue weighted by molar-refractivity contribution is 5.44. The van der Waals surface area contributed by atoms with Gasteiger partial charge in [0.05, 0.1) is 5.60 Å². The molecule has 134 valence electrons. The van der Waals surface area contributed by atoms with E-state index < -0.39 is 5.60 Å². The van der Waals surface area contributed by atoms with Gasteiger partial charge < -0.3 is 14.6 Å². The van der Waals surface area contributed by atoms with Crippen LogP contribution in [0.5, 0.6) is 11.5 Å². The maximum absolute atomic E-state index is 10.3. The van der Waals surface area contributed by atoms with E-state index in [9.17, 15) is 5.11 Å². The summed E-state index contributed by atoms with van der Waals surface area (Å²) in [5, 5.41) is 10.3. The molecule has 2 aromatic rings. The lowest BCUT2D eigenvalue weighted by atomic mass is 10.0. The molecular weight excluding hydrogens is 314 g/mol. The first-order chi connectivity index (χ1) is 11.8. The third-order valence-electron chi connectivity index (χ3n) is 4.35. The van der Waals surface area contributed by atoms with Crippen LogP contribution < -0.4 is 9.47 Å². The van der Waals surface area contributed by atoms with Crippen LogP contribution in [-0.4, -0.2) is 28.9 Å². The van der Waals surface area contributed by atoms with Gasteiger partial charge in [-0.3, -0.25) is 4.90 Å². The fourth-order valence-corrected chi connectivity index (χ4v) is 3.22. The molecule has 1 aliphatic rings. The van der Waals surface area contributed by atoms with E-state index in [0.717, 1.165) is 30.2 Å². The number of fused-ring (bicyclic) bond motifs is 1. The second kappa shape index (κ2) is 7.06. The van der Waals surface area contributed by atoms with Gasteiger partial charge >= 0.3 is 0 Å². The summed E-state index contributed by atoms with van der Waals surface area (Å²) in [6.45, 7) is 10.4. The van der Waals surface area contributed by atoms with Crippen LogP contribution >= 0.6 is 0 Å². The van der Waals surface area contributed by atoms with E-state index in [4.69, 9.17) is 9.47 Å². The summed E-state index contributed by atoms with van der Waals surface area (Å²) in [6.07, 6.45) is 0. The fraction of sp³-hybridized carbons (Fsp3) is 0.429. The predicted molar refractivity (Wildman–Crippen MR) is 98.9 cm³/mol. The topological polar surface area (TPSA) is 41.9 Å². The molecule has 1 heterocycles. The van der Waals surface area contributed by atoms with Crippen LogP contribution in [0.4, 0.5) is 0 Å². The van der Waals surface area contributed by atoms with Crippen molar-refractivity contribution in [1.29, 1.82) is 0 Å². The second-order valence-corrected chi connectivity index (χ2v) is 7.58. The SMILES string of the molecule is Cc1ccc(C)c(CN(Cc2ccc3c(c2)OCO3)CC(C)(C)O)c1. The average molecular weight is 341 g/mol. The molecule has 4 heteroatoms. The lowest BCUT2D eigenvalue weighted by Gasteiger charge is -2.30. The van der Waals surface area contributed by atoms with Gasteiger partial charge in [0.15, 0.2) is 11.5 Å². The van der Waals surface area contributed by atoms with Crippen molar-refractivity contribution in [3.8, 4) is 11.5 Å². The Labute approximate surface area is 150 Å². The van der Waals surface area contributed by atoms with E-state index in [2.05, 4.69) is 43.0 Å². The van der Waals surface area contributed by atoms with E-state index in [1.165, 1.54) is 16.7 Å². The molecule has 0 saturated heterocycles. The Morgan fingerprint density at radius 2 is 1.76 bits per heavy atom. The van der Waals surface area contributed by atoms with Crippen molar-refractivity contribution in [3.05, 3.63) is 58.7 Å². The minimum atomic E-state index is -0.756. The van der Waals surface area contributed by atoms with Gasteiger partial charge in [0.2, 0.25) is 6.79 Å². The van der Waals surface area contributed by atoms with Crippen LogP contribution in [0.25, 0.3) is 0 Å². The van der Waals surface area contributed by atoms with E-state index in [1.807, 2.05) is 26.0 Å². The monoisotopic (exact) mass is 341 g/mol. The first kappa shape index (κ1) is 17.8. The van der Waals surface area contributed by atoms with Crippen molar-refractivity contribution >= 4 is 0 Å². The minimum absolute atomic E-state index is 0.286. The van der Waals surface area contributed by atoms with Gasteiger partial charge in [0, 0.05) is 19.6 Å². The van der Waals surface area contributed by atoms with Gasteiger partial charge in [-0.15, -0.1) is 0 Å². The van der Waals surface area contributed by atoms with Crippen LogP contribution in [0.1, 0.15) is 36.1 Å². The number of rotatable bonds is 6. The summed E-state index contributed by atoms with van der Waals surface area (Å²) in [6, 6.07) is 12.6. The molecule has 0 radical (unpaired) electrons. The number of aliphatic hydroxyl groups is 1. The molecule has 0 bridgehead atoms. The standard InChI is InChI=1S/C21H27NO3/c1-15-5-6-16(2)18(9-15)12-22(13-21(3,4)23)11-17-7-8-19-20(10-17)25-14-24-19/h5-10,23H,11-14H2,1-4H3. The van der Waals surface area contributed by atoms with E-state index in [0.29, 0.717) is 6.54 Å². The van der Waals surface area contributed by atoms with Crippen molar-refractivity contribution in [1.82, 2.24) is 4.90 Å². The van der Waals surface area contributed by atoms with Crippen LogP contribution in [0.15, 0.2) is 36.4 Å². The Morgan fingerprint density at radius 1 is 1.00 bits per heavy atom. The fourth-order valence-electron chi connectivity index (χ4n) is 3.22. The molecule has 0 spiro atoms. The Balaban J connectivity index is 1.80. The summed E-state index contributed by atoms with van der Waals surface area (Å²) >= 11 is 0. The first-order valence-corrected chi connectivity index (χ1v) is 8.69. The van der Waals surface area contributed by atoms with Crippen molar-refractivity contribution in [2.24, 2.45) is 0 Å². The lowest BCUT2D eigenvalue weighted by molar-refractivity contribution is 0.0306. The van der Waals surface area contributed by atoms with Crippen molar-refractivity contribution in [2.75, 3.05) is 13.3 Å². The number of benzene rings is 2. The Hall–Kier alpha value is -2.04. The third kappa shape index (κ3) is 4.74. The normalized spacial score (nSPS) is 13.5. The molecule has 2 aromatic carbocycles. The highest BCUT2D eigenvalue weighted by Gasteiger charge is 2.21. The largest absolute Gasteiger partial charge is 0.454 e. The maximum Gasteiger partial charge on any atom is 0.231 e. The molecule has 0 aromatic heterocycles. The summed E-state index contributed by atoms with van der Waals surface area (Å²) in [7, 11) is 0. The van der Waals surface area contributed by atoms with Gasteiger partial charge in [-0.05, 0) is 56.5 Å². The average Bonchev–Trinajstić information content (AvgIpc) is 2.97. The zero-order valence-corrected chi connectivity index (χ0v) is 15.5. The molecule has 4 nitrogen and oxygen atoms in total. The zero-order chi connectivity index (χ0) is 18.0.